The molecule has 0 aliphatic carbocycles. The van der Waals surface area contributed by atoms with E-state index in [4.69, 9.17) is 18.9 Å². The normalized spacial score (nSPS) is 11.6. The van der Waals surface area contributed by atoms with E-state index in [0.29, 0.717) is 77.2 Å². The van der Waals surface area contributed by atoms with Crippen LogP contribution in [0, 0.1) is 11.8 Å². The minimum absolute atomic E-state index is 0.0987. The molecule has 426 valence electrons. The van der Waals surface area contributed by atoms with E-state index in [1.54, 1.807) is 0 Å². The Bertz CT molecular complexity index is 1130. The number of carbonyl (C=O) groups is 4. The molecule has 0 aliphatic heterocycles. The van der Waals surface area contributed by atoms with Crippen LogP contribution in [0.5, 0.6) is 0 Å². The molecule has 0 heterocycles. The number of carbonyl (C=O) groups excluding carboxylic acids is 4. The predicted octanol–water partition coefficient (Wildman–Crippen LogP) is 15.4. The van der Waals surface area contributed by atoms with Gasteiger partial charge in [-0.1, -0.05) is 184 Å². The Morgan fingerprint density at radius 1 is 0.319 bits per heavy atom. The van der Waals surface area contributed by atoms with Crippen LogP contribution in [0.1, 0.15) is 261 Å². The van der Waals surface area contributed by atoms with Crippen molar-refractivity contribution >= 4 is 24.1 Å². The highest BCUT2D eigenvalue weighted by atomic mass is 16.6. The molecule has 0 bridgehead atoms. The third kappa shape index (κ3) is 41.7. The summed E-state index contributed by atoms with van der Waals surface area (Å²) in [6.07, 6.45) is 32.9. The summed E-state index contributed by atoms with van der Waals surface area (Å²) in [6.45, 7) is 26.5. The van der Waals surface area contributed by atoms with Crippen LogP contribution >= 0.6 is 0 Å². The van der Waals surface area contributed by atoms with Crippen LogP contribution in [-0.4, -0.2) is 136 Å². The molecule has 0 unspecified atom stereocenters. The van der Waals surface area contributed by atoms with E-state index in [0.717, 1.165) is 142 Å². The van der Waals surface area contributed by atoms with Crippen LogP contribution in [0.25, 0.3) is 0 Å². The fourth-order valence-electron chi connectivity index (χ4n) is 9.33. The van der Waals surface area contributed by atoms with Crippen molar-refractivity contribution in [3.05, 3.63) is 0 Å². The van der Waals surface area contributed by atoms with E-state index in [1.807, 2.05) is 9.80 Å². The zero-order valence-electron chi connectivity index (χ0n) is 48.7. The lowest BCUT2D eigenvalue weighted by molar-refractivity contribution is -0.146. The number of hydrogen-bond acceptors (Lipinski definition) is 10. The van der Waals surface area contributed by atoms with Gasteiger partial charge in [0.1, 0.15) is 13.2 Å². The van der Waals surface area contributed by atoms with E-state index in [-0.39, 0.29) is 37.3 Å². The molecule has 0 aromatic heterocycles. The van der Waals surface area contributed by atoms with Gasteiger partial charge in [-0.25, -0.2) is 9.59 Å². The fraction of sp³-hybridized carbons (Fsp3) is 0.933. The van der Waals surface area contributed by atoms with Crippen LogP contribution in [0.15, 0.2) is 0 Å². The number of hydrogen-bond donors (Lipinski definition) is 0. The van der Waals surface area contributed by atoms with Crippen LogP contribution in [0.3, 0.4) is 0 Å². The molecule has 0 fully saturated rings. The van der Waals surface area contributed by atoms with Crippen LogP contribution < -0.4 is 0 Å². The van der Waals surface area contributed by atoms with E-state index >= 15 is 0 Å². The summed E-state index contributed by atoms with van der Waals surface area (Å²) in [6, 6.07) is 0. The topological polar surface area (TPSA) is 118 Å². The van der Waals surface area contributed by atoms with Gasteiger partial charge in [0.25, 0.3) is 0 Å². The van der Waals surface area contributed by atoms with Crippen LogP contribution in [0.4, 0.5) is 9.59 Å². The molecule has 0 spiro atoms. The van der Waals surface area contributed by atoms with E-state index < -0.39 is 0 Å². The van der Waals surface area contributed by atoms with Gasteiger partial charge in [-0.05, 0) is 89.1 Å². The first-order valence-electron chi connectivity index (χ1n) is 30.7. The fourth-order valence-corrected chi connectivity index (χ4v) is 9.33. The van der Waals surface area contributed by atoms with Crippen molar-refractivity contribution in [2.75, 3.05) is 91.9 Å². The second-order valence-electron chi connectivity index (χ2n) is 20.9. The van der Waals surface area contributed by atoms with Gasteiger partial charge in [-0.3, -0.25) is 14.5 Å². The standard InChI is InChI=1S/C60H118N4O8/c1-9-17-23-33-43-63(45-35-25-31-41-57(65)71-53-55(37-27-19-11-3)38-28-20-12-4)59(67)69-51-49-62(48-47-61(15-7)16-8)50-52-70-60(68)64(44-34-24-18-10-2)46-36-26-32-42-58(66)72-54-56(39-29-21-13-5)40-30-22-14-6/h55-56H,9-54H2,1-8H3. The summed E-state index contributed by atoms with van der Waals surface area (Å²) in [7, 11) is 0. The Morgan fingerprint density at radius 2 is 0.625 bits per heavy atom. The molecule has 12 nitrogen and oxygen atoms in total. The molecule has 0 aromatic carbocycles. The first-order valence-corrected chi connectivity index (χ1v) is 30.7. The zero-order chi connectivity index (χ0) is 53.1. The number of ether oxygens (including phenoxy) is 4. The Balaban J connectivity index is 5.24. The number of likely N-dealkylation sites (N-methyl/N-ethyl adjacent to an activating group) is 1. The highest BCUT2D eigenvalue weighted by Gasteiger charge is 2.19. The van der Waals surface area contributed by atoms with Gasteiger partial charge >= 0.3 is 24.1 Å². The third-order valence-corrected chi connectivity index (χ3v) is 14.4. The van der Waals surface area contributed by atoms with Gasteiger partial charge in [-0.15, -0.1) is 0 Å². The smallest absolute Gasteiger partial charge is 0.409 e. The highest BCUT2D eigenvalue weighted by Crippen LogP contribution is 2.20. The maximum atomic E-state index is 13.6. The van der Waals surface area contributed by atoms with Crippen molar-refractivity contribution in [3.8, 4) is 0 Å². The number of rotatable bonds is 53. The maximum Gasteiger partial charge on any atom is 0.409 e. The van der Waals surface area contributed by atoms with Crippen molar-refractivity contribution in [3.63, 3.8) is 0 Å². The molecule has 0 rings (SSSR count). The van der Waals surface area contributed by atoms with Gasteiger partial charge in [0.15, 0.2) is 0 Å². The lowest BCUT2D eigenvalue weighted by Crippen LogP contribution is -2.41. The number of esters is 2. The first-order chi connectivity index (χ1) is 35.1. The van der Waals surface area contributed by atoms with Gasteiger partial charge in [0, 0.05) is 65.2 Å². The Hall–Kier alpha value is -2.60. The molecular weight excluding hydrogens is 905 g/mol. The molecule has 2 amide bonds. The molecule has 12 heteroatoms. The maximum absolute atomic E-state index is 13.6. The van der Waals surface area contributed by atoms with Crippen molar-refractivity contribution < 1.29 is 38.1 Å². The summed E-state index contributed by atoms with van der Waals surface area (Å²) in [5.74, 6) is 0.734. The van der Waals surface area contributed by atoms with Gasteiger partial charge < -0.3 is 33.6 Å². The first kappa shape index (κ1) is 69.4. The predicted molar refractivity (Wildman–Crippen MR) is 301 cm³/mol. The molecular formula is C60H118N4O8. The average molecular weight is 1020 g/mol. The lowest BCUT2D eigenvalue weighted by atomic mass is 9.96. The summed E-state index contributed by atoms with van der Waals surface area (Å²) < 4.78 is 23.4. The Kier molecular flexibility index (Phi) is 50.0. The largest absolute Gasteiger partial charge is 0.465 e. The Morgan fingerprint density at radius 3 is 0.944 bits per heavy atom. The molecule has 0 saturated heterocycles. The van der Waals surface area contributed by atoms with Crippen LogP contribution in [0.2, 0.25) is 0 Å². The second kappa shape index (κ2) is 51.9. The number of nitrogens with zero attached hydrogens (tertiary/aromatic N) is 4. The number of amides is 2. The quantitative estimate of drug-likeness (QED) is 0.0331. The highest BCUT2D eigenvalue weighted by molar-refractivity contribution is 5.70. The molecule has 0 radical (unpaired) electrons. The van der Waals surface area contributed by atoms with Gasteiger partial charge in [0.2, 0.25) is 0 Å². The average Bonchev–Trinajstić information content (AvgIpc) is 3.38. The van der Waals surface area contributed by atoms with E-state index in [2.05, 4.69) is 65.2 Å². The van der Waals surface area contributed by atoms with E-state index in [1.165, 1.54) is 77.0 Å². The van der Waals surface area contributed by atoms with Crippen molar-refractivity contribution in [2.24, 2.45) is 11.8 Å². The molecule has 0 aliphatic rings. The molecule has 0 N–H and O–H groups in total. The summed E-state index contributed by atoms with van der Waals surface area (Å²) >= 11 is 0. The molecule has 0 aromatic rings. The third-order valence-electron chi connectivity index (χ3n) is 14.4. The van der Waals surface area contributed by atoms with Gasteiger partial charge in [-0.2, -0.15) is 0 Å². The molecule has 0 saturated carbocycles. The summed E-state index contributed by atoms with van der Waals surface area (Å²) in [5.41, 5.74) is 0. The van der Waals surface area contributed by atoms with E-state index in [9.17, 15) is 19.2 Å². The summed E-state index contributed by atoms with van der Waals surface area (Å²) in [4.78, 5) is 60.8. The van der Waals surface area contributed by atoms with Crippen molar-refractivity contribution in [1.82, 2.24) is 19.6 Å². The lowest BCUT2D eigenvalue weighted by Gasteiger charge is -2.28. The summed E-state index contributed by atoms with van der Waals surface area (Å²) in [5, 5.41) is 0. The minimum atomic E-state index is -0.280. The number of unbranched alkanes of at least 4 members (excludes halogenated alkanes) is 18. The monoisotopic (exact) mass is 1020 g/mol. The second-order valence-corrected chi connectivity index (χ2v) is 20.9. The zero-order valence-corrected chi connectivity index (χ0v) is 48.7. The van der Waals surface area contributed by atoms with Crippen molar-refractivity contribution in [2.45, 2.75) is 261 Å². The molecule has 0 atom stereocenters. The van der Waals surface area contributed by atoms with Gasteiger partial charge in [0.05, 0.1) is 13.2 Å². The Labute approximate surface area is 444 Å². The molecule has 72 heavy (non-hydrogen) atoms. The van der Waals surface area contributed by atoms with Crippen LogP contribution in [-0.2, 0) is 28.5 Å². The van der Waals surface area contributed by atoms with Crippen molar-refractivity contribution in [1.29, 1.82) is 0 Å². The SMILES string of the molecule is CCCCCCN(CCCCCC(=O)OCC(CCCCC)CCCCC)C(=O)OCCN(CCOC(=O)N(CCCCCC)CCCCCC(=O)OCC(CCCCC)CCCCC)CCN(CC)CC. The minimum Gasteiger partial charge on any atom is -0.465 e.